The smallest absolute Gasteiger partial charge is 0.272 e. The van der Waals surface area contributed by atoms with Crippen LogP contribution >= 0.6 is 0 Å². The van der Waals surface area contributed by atoms with Gasteiger partial charge in [0.25, 0.3) is 11.5 Å². The highest BCUT2D eigenvalue weighted by Crippen LogP contribution is 2.21. The van der Waals surface area contributed by atoms with Gasteiger partial charge >= 0.3 is 0 Å². The van der Waals surface area contributed by atoms with Crippen molar-refractivity contribution < 1.29 is 9.53 Å². The topological polar surface area (TPSA) is 77.6 Å². The number of anilines is 1. The van der Waals surface area contributed by atoms with Gasteiger partial charge in [-0.05, 0) is 54.4 Å². The maximum absolute atomic E-state index is 13.3. The molecule has 0 atom stereocenters. The summed E-state index contributed by atoms with van der Waals surface area (Å²) in [6.45, 7) is 2.33. The molecule has 2 aromatic carbocycles. The summed E-state index contributed by atoms with van der Waals surface area (Å²) in [7, 11) is 1.59. The first-order valence-corrected chi connectivity index (χ1v) is 10.5. The Morgan fingerprint density at radius 3 is 2.52 bits per heavy atom. The van der Waals surface area contributed by atoms with Gasteiger partial charge < -0.3 is 14.6 Å². The summed E-state index contributed by atoms with van der Waals surface area (Å²) >= 11 is 0. The Kier molecular flexibility index (Phi) is 5.14. The fourth-order valence-electron chi connectivity index (χ4n) is 3.89. The number of amides is 1. The summed E-state index contributed by atoms with van der Waals surface area (Å²) in [4.78, 5) is 31.3. The highest BCUT2D eigenvalue weighted by molar-refractivity contribution is 6.06. The number of nitrogens with zero attached hydrogens (tertiary/aromatic N) is 3. The summed E-state index contributed by atoms with van der Waals surface area (Å²) in [5.41, 5.74) is 3.75. The number of methoxy groups -OCH3 is 1. The molecule has 0 radical (unpaired) electrons. The molecular formula is C26H22N4O3. The lowest BCUT2D eigenvalue weighted by molar-refractivity contribution is 0.101. The first-order valence-electron chi connectivity index (χ1n) is 10.5. The standard InChI is InChI=1S/C26H22N4O3/c1-17-8-13-23-28-24-21(26(32)30(23)15-17)14-22(29(24)16-18-6-4-3-5-7-18)25(31)27-19-9-11-20(33-2)12-10-19/h3-15H,16H2,1-2H3,(H,27,31). The number of fused-ring (bicyclic) bond motifs is 2. The predicted octanol–water partition coefficient (Wildman–Crippen LogP) is 4.27. The van der Waals surface area contributed by atoms with Gasteiger partial charge in [-0.3, -0.25) is 14.0 Å². The summed E-state index contributed by atoms with van der Waals surface area (Å²) < 4.78 is 8.50. The van der Waals surface area contributed by atoms with E-state index >= 15 is 0 Å². The first kappa shape index (κ1) is 20.5. The van der Waals surface area contributed by atoms with Crippen LogP contribution in [0.4, 0.5) is 5.69 Å². The minimum atomic E-state index is -0.321. The quantitative estimate of drug-likeness (QED) is 0.445. The van der Waals surface area contributed by atoms with Crippen molar-refractivity contribution in [3.63, 3.8) is 0 Å². The van der Waals surface area contributed by atoms with Gasteiger partial charge in [-0.15, -0.1) is 0 Å². The SMILES string of the molecule is COc1ccc(NC(=O)c2cc3c(=O)n4cc(C)ccc4nc3n2Cc2ccccc2)cc1. The van der Waals surface area contributed by atoms with E-state index in [-0.39, 0.29) is 11.5 Å². The second-order valence-electron chi connectivity index (χ2n) is 7.87. The van der Waals surface area contributed by atoms with E-state index in [1.165, 1.54) is 4.40 Å². The zero-order valence-corrected chi connectivity index (χ0v) is 18.3. The van der Waals surface area contributed by atoms with Gasteiger partial charge in [-0.25, -0.2) is 4.98 Å². The summed E-state index contributed by atoms with van der Waals surface area (Å²) in [6, 6.07) is 22.2. The molecule has 0 saturated carbocycles. The van der Waals surface area contributed by atoms with E-state index < -0.39 is 0 Å². The number of aryl methyl sites for hydroxylation is 1. The van der Waals surface area contributed by atoms with Crippen LogP contribution in [0.1, 0.15) is 21.6 Å². The molecule has 0 saturated heterocycles. The van der Waals surface area contributed by atoms with E-state index in [0.29, 0.717) is 40.4 Å². The van der Waals surface area contributed by atoms with Gasteiger partial charge in [0.1, 0.15) is 22.7 Å². The van der Waals surface area contributed by atoms with Crippen LogP contribution in [0.5, 0.6) is 5.75 Å². The number of carbonyl (C=O) groups excluding carboxylic acids is 1. The van der Waals surface area contributed by atoms with Crippen LogP contribution in [0.15, 0.2) is 83.8 Å². The van der Waals surface area contributed by atoms with Crippen LogP contribution in [0.2, 0.25) is 0 Å². The van der Waals surface area contributed by atoms with E-state index in [1.54, 1.807) is 48.2 Å². The van der Waals surface area contributed by atoms with Crippen molar-refractivity contribution in [3.8, 4) is 5.75 Å². The van der Waals surface area contributed by atoms with Crippen molar-refractivity contribution in [3.05, 3.63) is 106 Å². The second-order valence-corrected chi connectivity index (χ2v) is 7.87. The van der Waals surface area contributed by atoms with Crippen molar-refractivity contribution in [2.45, 2.75) is 13.5 Å². The van der Waals surface area contributed by atoms with Crippen LogP contribution in [-0.2, 0) is 6.54 Å². The van der Waals surface area contributed by atoms with Gasteiger partial charge in [-0.2, -0.15) is 0 Å². The third kappa shape index (κ3) is 3.85. The molecule has 0 spiro atoms. The summed E-state index contributed by atoms with van der Waals surface area (Å²) in [5.74, 6) is 0.379. The van der Waals surface area contributed by atoms with E-state index in [1.807, 2.05) is 49.4 Å². The summed E-state index contributed by atoms with van der Waals surface area (Å²) in [6.07, 6.45) is 1.76. The minimum Gasteiger partial charge on any atom is -0.497 e. The number of pyridine rings is 1. The normalized spacial score (nSPS) is 11.1. The molecule has 33 heavy (non-hydrogen) atoms. The molecule has 5 rings (SSSR count). The summed E-state index contributed by atoms with van der Waals surface area (Å²) in [5, 5.41) is 3.31. The average Bonchev–Trinajstić information content (AvgIpc) is 3.19. The fourth-order valence-corrected chi connectivity index (χ4v) is 3.89. The molecule has 3 heterocycles. The molecule has 0 aliphatic rings. The highest BCUT2D eigenvalue weighted by Gasteiger charge is 2.20. The van der Waals surface area contributed by atoms with Crippen LogP contribution in [0.25, 0.3) is 16.7 Å². The molecule has 7 heteroatoms. The second kappa shape index (κ2) is 8.27. The molecule has 0 aliphatic carbocycles. The molecule has 0 aliphatic heterocycles. The van der Waals surface area contributed by atoms with E-state index in [4.69, 9.17) is 9.72 Å². The van der Waals surface area contributed by atoms with Crippen molar-refractivity contribution >= 4 is 28.3 Å². The van der Waals surface area contributed by atoms with Crippen LogP contribution < -0.4 is 15.6 Å². The monoisotopic (exact) mass is 438 g/mol. The Morgan fingerprint density at radius 1 is 1.03 bits per heavy atom. The van der Waals surface area contributed by atoms with Gasteiger partial charge in [0.05, 0.1) is 12.5 Å². The third-order valence-electron chi connectivity index (χ3n) is 5.58. The van der Waals surface area contributed by atoms with Gasteiger partial charge in [0.15, 0.2) is 0 Å². The van der Waals surface area contributed by atoms with Crippen LogP contribution in [0.3, 0.4) is 0 Å². The molecule has 1 N–H and O–H groups in total. The lowest BCUT2D eigenvalue weighted by atomic mass is 10.2. The molecule has 164 valence electrons. The van der Waals surface area contributed by atoms with Crippen molar-refractivity contribution in [1.82, 2.24) is 14.0 Å². The number of aromatic nitrogens is 3. The van der Waals surface area contributed by atoms with E-state index in [9.17, 15) is 9.59 Å². The van der Waals surface area contributed by atoms with E-state index in [2.05, 4.69) is 5.32 Å². The Balaban J connectivity index is 1.66. The number of ether oxygens (including phenoxy) is 1. The molecule has 7 nitrogen and oxygen atoms in total. The highest BCUT2D eigenvalue weighted by atomic mass is 16.5. The number of benzene rings is 2. The Hall–Kier alpha value is -4.39. The zero-order chi connectivity index (χ0) is 22.9. The third-order valence-corrected chi connectivity index (χ3v) is 5.58. The number of carbonyl (C=O) groups is 1. The number of rotatable bonds is 5. The predicted molar refractivity (Wildman–Crippen MR) is 128 cm³/mol. The molecule has 5 aromatic rings. The van der Waals surface area contributed by atoms with Gasteiger partial charge in [0.2, 0.25) is 0 Å². The fraction of sp³-hybridized carbons (Fsp3) is 0.115. The van der Waals surface area contributed by atoms with Crippen LogP contribution in [0, 0.1) is 6.92 Å². The largest absolute Gasteiger partial charge is 0.497 e. The zero-order valence-electron chi connectivity index (χ0n) is 18.3. The maximum Gasteiger partial charge on any atom is 0.272 e. The molecular weight excluding hydrogens is 416 g/mol. The molecule has 1 amide bonds. The van der Waals surface area contributed by atoms with E-state index in [0.717, 1.165) is 11.1 Å². The first-order chi connectivity index (χ1) is 16.0. The number of hydrogen-bond donors (Lipinski definition) is 1. The lowest BCUT2D eigenvalue weighted by Crippen LogP contribution is -2.18. The Labute approximate surface area is 189 Å². The lowest BCUT2D eigenvalue weighted by Gasteiger charge is -2.12. The van der Waals surface area contributed by atoms with Crippen molar-refractivity contribution in [1.29, 1.82) is 0 Å². The number of hydrogen-bond acceptors (Lipinski definition) is 4. The Bertz CT molecular complexity index is 1530. The number of nitrogens with one attached hydrogen (secondary N) is 1. The Morgan fingerprint density at radius 2 is 1.79 bits per heavy atom. The molecule has 0 unspecified atom stereocenters. The van der Waals surface area contributed by atoms with Crippen molar-refractivity contribution in [2.75, 3.05) is 12.4 Å². The average molecular weight is 438 g/mol. The van der Waals surface area contributed by atoms with Gasteiger partial charge in [0, 0.05) is 18.4 Å². The van der Waals surface area contributed by atoms with Crippen LogP contribution in [-0.4, -0.2) is 27.0 Å². The maximum atomic E-state index is 13.3. The molecule has 0 bridgehead atoms. The van der Waals surface area contributed by atoms with Crippen molar-refractivity contribution in [2.24, 2.45) is 0 Å². The van der Waals surface area contributed by atoms with Gasteiger partial charge in [-0.1, -0.05) is 36.4 Å². The minimum absolute atomic E-state index is 0.205. The molecule has 3 aromatic heterocycles. The molecule has 0 fully saturated rings.